The molecule has 1 aliphatic carbocycles. The van der Waals surface area contributed by atoms with Gasteiger partial charge in [0.2, 0.25) is 0 Å². The summed E-state index contributed by atoms with van der Waals surface area (Å²) in [6, 6.07) is 2.75. The summed E-state index contributed by atoms with van der Waals surface area (Å²) < 4.78 is 0.958. The molecule has 0 radical (unpaired) electrons. The van der Waals surface area contributed by atoms with Crippen molar-refractivity contribution < 1.29 is 0 Å². The van der Waals surface area contributed by atoms with Crippen molar-refractivity contribution in [2.45, 2.75) is 31.7 Å². The molecule has 1 saturated heterocycles. The third-order valence-corrected chi connectivity index (χ3v) is 6.33. The van der Waals surface area contributed by atoms with E-state index in [4.69, 9.17) is 11.6 Å². The molecule has 17 heavy (non-hydrogen) atoms. The summed E-state index contributed by atoms with van der Waals surface area (Å²) in [5.41, 5.74) is 1.48. The molecule has 0 bridgehead atoms. The molecule has 2 heterocycles. The van der Waals surface area contributed by atoms with E-state index in [0.717, 1.165) is 10.3 Å². The van der Waals surface area contributed by atoms with Gasteiger partial charge >= 0.3 is 0 Å². The van der Waals surface area contributed by atoms with Crippen LogP contribution in [0.4, 0.5) is 0 Å². The molecular weight excluding hydrogens is 270 g/mol. The number of fused-ring (bicyclic) bond motifs is 1. The Kier molecular flexibility index (Phi) is 4.00. The zero-order valence-corrected chi connectivity index (χ0v) is 12.3. The number of nitrogens with one attached hydrogen (secondary N) is 1. The van der Waals surface area contributed by atoms with Crippen molar-refractivity contribution in [3.8, 4) is 0 Å². The van der Waals surface area contributed by atoms with E-state index in [-0.39, 0.29) is 0 Å². The van der Waals surface area contributed by atoms with Gasteiger partial charge in [0.25, 0.3) is 0 Å². The fourth-order valence-electron chi connectivity index (χ4n) is 2.79. The van der Waals surface area contributed by atoms with Crippen LogP contribution in [-0.4, -0.2) is 18.1 Å². The molecule has 0 spiro atoms. The lowest BCUT2D eigenvalue weighted by Crippen LogP contribution is -2.29. The molecule has 2 unspecified atom stereocenters. The number of halogens is 1. The summed E-state index contributed by atoms with van der Waals surface area (Å²) in [6.07, 6.45) is 5.20. The van der Waals surface area contributed by atoms with Crippen molar-refractivity contribution >= 4 is 34.7 Å². The van der Waals surface area contributed by atoms with Gasteiger partial charge in [-0.15, -0.1) is 11.3 Å². The molecule has 1 aliphatic heterocycles. The number of hydrogen-bond acceptors (Lipinski definition) is 3. The molecule has 1 nitrogen and oxygen atoms in total. The van der Waals surface area contributed by atoms with Gasteiger partial charge in [0.15, 0.2) is 0 Å². The first-order chi connectivity index (χ1) is 8.33. The molecular formula is C13H18ClNS2. The Morgan fingerprint density at radius 1 is 1.41 bits per heavy atom. The van der Waals surface area contributed by atoms with E-state index < -0.39 is 0 Å². The Labute approximate surface area is 116 Å². The van der Waals surface area contributed by atoms with E-state index in [9.17, 15) is 0 Å². The number of hydrogen-bond donors (Lipinski definition) is 1. The number of thiophene rings is 1. The first-order valence-electron chi connectivity index (χ1n) is 6.42. The first-order valence-corrected chi connectivity index (χ1v) is 8.77. The van der Waals surface area contributed by atoms with Crippen molar-refractivity contribution in [3.05, 3.63) is 20.8 Å². The van der Waals surface area contributed by atoms with Gasteiger partial charge in [-0.05, 0) is 61.3 Å². The second-order valence-corrected chi connectivity index (χ2v) is 7.93. The highest BCUT2D eigenvalue weighted by Gasteiger charge is 2.24. The predicted octanol–water partition coefficient (Wildman–Crippen LogP) is 4.12. The lowest BCUT2D eigenvalue weighted by Gasteiger charge is -2.25. The molecule has 0 aromatic carbocycles. The molecule has 1 fully saturated rings. The molecule has 1 aromatic rings. The quantitative estimate of drug-likeness (QED) is 0.897. The van der Waals surface area contributed by atoms with E-state index in [2.05, 4.69) is 23.1 Å². The summed E-state index contributed by atoms with van der Waals surface area (Å²) in [5.74, 6) is 3.59. The zero-order valence-electron chi connectivity index (χ0n) is 9.88. The Bertz CT molecular complexity index is 385. The van der Waals surface area contributed by atoms with Crippen molar-refractivity contribution in [1.29, 1.82) is 0 Å². The maximum absolute atomic E-state index is 6.13. The fourth-order valence-corrected chi connectivity index (χ4v) is 5.45. The summed E-state index contributed by atoms with van der Waals surface area (Å²) >= 11 is 10.0. The van der Waals surface area contributed by atoms with Crippen LogP contribution in [-0.2, 0) is 6.42 Å². The smallest absolute Gasteiger partial charge is 0.0934 e. The van der Waals surface area contributed by atoms with Crippen LogP contribution in [0.2, 0.25) is 4.34 Å². The zero-order chi connectivity index (χ0) is 11.7. The van der Waals surface area contributed by atoms with E-state index in [1.807, 2.05) is 0 Å². The third kappa shape index (κ3) is 2.83. The Hall–Kier alpha value is 0.300. The van der Waals surface area contributed by atoms with E-state index in [1.165, 1.54) is 54.2 Å². The lowest BCUT2D eigenvalue weighted by molar-refractivity contribution is 0.420. The Morgan fingerprint density at radius 2 is 2.35 bits per heavy atom. The molecule has 2 aliphatic rings. The standard InChI is InChI=1S/C13H18ClNS2/c14-13-6-10-11(2-1-3-12(10)17-13)15-7-9-4-5-16-8-9/h6,9,11,15H,1-5,7-8H2. The average molecular weight is 288 g/mol. The second-order valence-electron chi connectivity index (χ2n) is 5.01. The maximum Gasteiger partial charge on any atom is 0.0934 e. The average Bonchev–Trinajstić information content (AvgIpc) is 2.93. The van der Waals surface area contributed by atoms with Crippen LogP contribution in [0, 0.1) is 5.92 Å². The highest BCUT2D eigenvalue weighted by molar-refractivity contribution is 7.99. The molecule has 3 rings (SSSR count). The van der Waals surface area contributed by atoms with Crippen molar-refractivity contribution in [1.82, 2.24) is 5.32 Å². The van der Waals surface area contributed by atoms with Crippen LogP contribution in [0.15, 0.2) is 6.07 Å². The third-order valence-electron chi connectivity index (χ3n) is 3.76. The molecule has 0 amide bonds. The van der Waals surface area contributed by atoms with Gasteiger partial charge < -0.3 is 5.32 Å². The van der Waals surface area contributed by atoms with E-state index in [1.54, 1.807) is 11.3 Å². The normalized spacial score (nSPS) is 28.3. The minimum Gasteiger partial charge on any atom is -0.310 e. The molecule has 94 valence electrons. The number of thioether (sulfide) groups is 1. The van der Waals surface area contributed by atoms with Crippen LogP contribution in [0.1, 0.15) is 35.7 Å². The summed E-state index contributed by atoms with van der Waals surface area (Å²) in [4.78, 5) is 1.51. The minimum atomic E-state index is 0.563. The number of rotatable bonds is 3. The van der Waals surface area contributed by atoms with Crippen molar-refractivity contribution in [2.75, 3.05) is 18.1 Å². The van der Waals surface area contributed by atoms with Gasteiger partial charge in [-0.3, -0.25) is 0 Å². The molecule has 4 heteroatoms. The molecule has 1 aromatic heterocycles. The van der Waals surface area contributed by atoms with Crippen LogP contribution in [0.25, 0.3) is 0 Å². The van der Waals surface area contributed by atoms with E-state index >= 15 is 0 Å². The van der Waals surface area contributed by atoms with Gasteiger partial charge in [0.05, 0.1) is 4.34 Å². The van der Waals surface area contributed by atoms with Crippen LogP contribution in [0.5, 0.6) is 0 Å². The van der Waals surface area contributed by atoms with Crippen LogP contribution in [0.3, 0.4) is 0 Å². The van der Waals surface area contributed by atoms with Gasteiger partial charge in [0.1, 0.15) is 0 Å². The van der Waals surface area contributed by atoms with Gasteiger partial charge in [0, 0.05) is 10.9 Å². The summed E-state index contributed by atoms with van der Waals surface area (Å²) in [5, 5.41) is 3.77. The molecule has 0 saturated carbocycles. The van der Waals surface area contributed by atoms with Crippen molar-refractivity contribution in [3.63, 3.8) is 0 Å². The monoisotopic (exact) mass is 287 g/mol. The van der Waals surface area contributed by atoms with Gasteiger partial charge in [-0.25, -0.2) is 0 Å². The second kappa shape index (κ2) is 5.52. The highest BCUT2D eigenvalue weighted by atomic mass is 35.5. The SMILES string of the molecule is Clc1cc2c(s1)CCCC2NCC1CCSC1. The predicted molar refractivity (Wildman–Crippen MR) is 78.4 cm³/mol. The van der Waals surface area contributed by atoms with Crippen molar-refractivity contribution in [2.24, 2.45) is 5.92 Å². The van der Waals surface area contributed by atoms with Crippen LogP contribution >= 0.6 is 34.7 Å². The topological polar surface area (TPSA) is 12.0 Å². The Balaban J connectivity index is 1.63. The molecule has 1 N–H and O–H groups in total. The fraction of sp³-hybridized carbons (Fsp3) is 0.692. The summed E-state index contributed by atoms with van der Waals surface area (Å²) in [6.45, 7) is 1.19. The largest absolute Gasteiger partial charge is 0.310 e. The minimum absolute atomic E-state index is 0.563. The lowest BCUT2D eigenvalue weighted by atomic mass is 9.93. The van der Waals surface area contributed by atoms with Gasteiger partial charge in [-0.2, -0.15) is 11.8 Å². The van der Waals surface area contributed by atoms with E-state index in [0.29, 0.717) is 6.04 Å². The molecule has 2 atom stereocenters. The number of aryl methyl sites for hydroxylation is 1. The van der Waals surface area contributed by atoms with Crippen LogP contribution < -0.4 is 5.32 Å². The Morgan fingerprint density at radius 3 is 3.18 bits per heavy atom. The van der Waals surface area contributed by atoms with Gasteiger partial charge in [-0.1, -0.05) is 11.6 Å². The first kappa shape index (κ1) is 12.3. The maximum atomic E-state index is 6.13. The summed E-state index contributed by atoms with van der Waals surface area (Å²) in [7, 11) is 0. The highest BCUT2D eigenvalue weighted by Crippen LogP contribution is 2.38.